The average molecular weight is 345 g/mol. The fourth-order valence-corrected chi connectivity index (χ4v) is 3.47. The number of imidazole rings is 1. The molecule has 1 saturated carbocycles. The van der Waals surface area contributed by atoms with E-state index >= 15 is 0 Å². The summed E-state index contributed by atoms with van der Waals surface area (Å²) in [4.78, 5) is 17.0. The van der Waals surface area contributed by atoms with Gasteiger partial charge in [-0.25, -0.2) is 4.98 Å². The number of aliphatic hydroxyl groups excluding tert-OH is 1. The van der Waals surface area contributed by atoms with Gasteiger partial charge in [0.05, 0.1) is 12.3 Å². The van der Waals surface area contributed by atoms with Gasteiger partial charge in [0.25, 0.3) is 5.91 Å². The predicted molar refractivity (Wildman–Crippen MR) is 96.0 cm³/mol. The van der Waals surface area contributed by atoms with Crippen LogP contribution in [-0.4, -0.2) is 40.2 Å². The van der Waals surface area contributed by atoms with Gasteiger partial charge in [0.15, 0.2) is 11.4 Å². The number of amides is 1. The van der Waals surface area contributed by atoms with Crippen LogP contribution < -0.4 is 10.1 Å². The summed E-state index contributed by atoms with van der Waals surface area (Å²) in [7, 11) is 0. The summed E-state index contributed by atoms with van der Waals surface area (Å²) in [5, 5.41) is 11.7. The molecule has 136 valence electrons. The van der Waals surface area contributed by atoms with Crippen LogP contribution in [0.2, 0.25) is 0 Å². The maximum Gasteiger partial charge on any atom is 0.270 e. The largest absolute Gasteiger partial charge is 0.489 e. The number of nitrogens with zero attached hydrogens (tertiary/aromatic N) is 2. The van der Waals surface area contributed by atoms with Gasteiger partial charge in [0.2, 0.25) is 0 Å². The fraction of sp³-hybridized carbons (Fsp3) is 0.579. The second kappa shape index (κ2) is 8.34. The number of aromatic nitrogens is 2. The van der Waals surface area contributed by atoms with Gasteiger partial charge in [-0.2, -0.15) is 0 Å². The summed E-state index contributed by atoms with van der Waals surface area (Å²) >= 11 is 0. The highest BCUT2D eigenvalue weighted by Gasteiger charge is 2.19. The molecular weight excluding hydrogens is 318 g/mol. The first-order valence-corrected chi connectivity index (χ1v) is 9.20. The first kappa shape index (κ1) is 17.7. The molecule has 0 bridgehead atoms. The first-order chi connectivity index (χ1) is 12.2. The van der Waals surface area contributed by atoms with E-state index in [0.717, 1.165) is 5.75 Å². The molecule has 0 saturated heterocycles. The molecule has 25 heavy (non-hydrogen) atoms. The highest BCUT2D eigenvalue weighted by molar-refractivity contribution is 5.94. The number of ether oxygens (including phenoxy) is 1. The molecule has 1 aliphatic rings. The van der Waals surface area contributed by atoms with Gasteiger partial charge in [-0.3, -0.25) is 9.20 Å². The quantitative estimate of drug-likeness (QED) is 0.757. The van der Waals surface area contributed by atoms with Gasteiger partial charge in [-0.1, -0.05) is 19.3 Å². The van der Waals surface area contributed by atoms with Crippen LogP contribution in [0.4, 0.5) is 0 Å². The summed E-state index contributed by atoms with van der Waals surface area (Å²) in [6.07, 6.45) is 8.75. The SMILES string of the molecule is Cc1nc2c(OCC3CCCCC3)cccn2c1C(=O)NCCCO. The Morgan fingerprint density at radius 1 is 1.40 bits per heavy atom. The number of fused-ring (bicyclic) bond motifs is 1. The zero-order chi connectivity index (χ0) is 17.6. The molecule has 0 radical (unpaired) electrons. The number of aryl methyl sites for hydroxylation is 1. The van der Waals surface area contributed by atoms with Crippen LogP contribution in [0.25, 0.3) is 5.65 Å². The molecule has 1 amide bonds. The lowest BCUT2D eigenvalue weighted by atomic mass is 9.90. The van der Waals surface area contributed by atoms with Crippen LogP contribution in [0.1, 0.15) is 54.7 Å². The van der Waals surface area contributed by atoms with Crippen LogP contribution >= 0.6 is 0 Å². The van der Waals surface area contributed by atoms with Crippen molar-refractivity contribution in [2.24, 2.45) is 5.92 Å². The molecule has 6 nitrogen and oxygen atoms in total. The standard InChI is InChI=1S/C19H27N3O3/c1-14-17(19(24)20-10-6-12-23)22-11-5-9-16(18(22)21-14)25-13-15-7-3-2-4-8-15/h5,9,11,15,23H,2-4,6-8,10,12-13H2,1H3,(H,20,24). The number of aliphatic hydroxyl groups is 1. The molecule has 3 rings (SSSR count). The predicted octanol–water partition coefficient (Wildman–Crippen LogP) is 2.71. The van der Waals surface area contributed by atoms with Crippen molar-refractivity contribution >= 4 is 11.6 Å². The highest BCUT2D eigenvalue weighted by Crippen LogP contribution is 2.27. The minimum atomic E-state index is -0.178. The maximum absolute atomic E-state index is 12.4. The monoisotopic (exact) mass is 345 g/mol. The number of hydrogen-bond acceptors (Lipinski definition) is 4. The molecule has 0 unspecified atom stereocenters. The van der Waals surface area contributed by atoms with E-state index in [1.165, 1.54) is 32.1 Å². The van der Waals surface area contributed by atoms with Gasteiger partial charge < -0.3 is 15.2 Å². The van der Waals surface area contributed by atoms with E-state index in [0.29, 0.717) is 42.5 Å². The lowest BCUT2D eigenvalue weighted by Crippen LogP contribution is -2.26. The smallest absolute Gasteiger partial charge is 0.270 e. The Morgan fingerprint density at radius 3 is 2.96 bits per heavy atom. The molecule has 0 aromatic carbocycles. The Kier molecular flexibility index (Phi) is 5.91. The Balaban J connectivity index is 1.77. The third-order valence-electron chi connectivity index (χ3n) is 4.82. The number of hydrogen-bond donors (Lipinski definition) is 2. The summed E-state index contributed by atoms with van der Waals surface area (Å²) in [5.74, 6) is 1.17. The van der Waals surface area contributed by atoms with Crippen LogP contribution in [0.5, 0.6) is 5.75 Å². The molecule has 2 N–H and O–H groups in total. The molecule has 1 aliphatic carbocycles. The zero-order valence-electron chi connectivity index (χ0n) is 14.8. The molecule has 2 heterocycles. The van der Waals surface area contributed by atoms with E-state index in [2.05, 4.69) is 10.3 Å². The summed E-state index contributed by atoms with van der Waals surface area (Å²) in [5.41, 5.74) is 1.88. The molecule has 1 fully saturated rings. The maximum atomic E-state index is 12.4. The third-order valence-corrected chi connectivity index (χ3v) is 4.82. The zero-order valence-corrected chi connectivity index (χ0v) is 14.8. The van der Waals surface area contributed by atoms with Crippen molar-refractivity contribution in [3.8, 4) is 5.75 Å². The van der Waals surface area contributed by atoms with Crippen molar-refractivity contribution in [2.75, 3.05) is 19.8 Å². The van der Waals surface area contributed by atoms with Crippen molar-refractivity contribution in [1.82, 2.24) is 14.7 Å². The van der Waals surface area contributed by atoms with Crippen LogP contribution in [-0.2, 0) is 0 Å². The van der Waals surface area contributed by atoms with E-state index in [9.17, 15) is 4.79 Å². The Labute approximate surface area is 148 Å². The van der Waals surface area contributed by atoms with E-state index in [1.54, 1.807) is 4.40 Å². The lowest BCUT2D eigenvalue weighted by molar-refractivity contribution is 0.0944. The molecule has 2 aromatic rings. The van der Waals surface area contributed by atoms with E-state index < -0.39 is 0 Å². The first-order valence-electron chi connectivity index (χ1n) is 9.20. The fourth-order valence-electron chi connectivity index (χ4n) is 3.47. The topological polar surface area (TPSA) is 75.9 Å². The van der Waals surface area contributed by atoms with Gasteiger partial charge in [0.1, 0.15) is 5.69 Å². The molecule has 0 atom stereocenters. The van der Waals surface area contributed by atoms with Crippen molar-refractivity contribution < 1.29 is 14.6 Å². The van der Waals surface area contributed by atoms with E-state index in [1.807, 2.05) is 25.3 Å². The lowest BCUT2D eigenvalue weighted by Gasteiger charge is -2.21. The Bertz CT molecular complexity index is 720. The average Bonchev–Trinajstić information content (AvgIpc) is 2.97. The van der Waals surface area contributed by atoms with Gasteiger partial charge in [0, 0.05) is 19.3 Å². The van der Waals surface area contributed by atoms with Gasteiger partial charge in [-0.15, -0.1) is 0 Å². The van der Waals surface area contributed by atoms with Gasteiger partial charge >= 0.3 is 0 Å². The van der Waals surface area contributed by atoms with E-state index in [4.69, 9.17) is 9.84 Å². The number of carbonyl (C=O) groups is 1. The molecule has 0 aliphatic heterocycles. The summed E-state index contributed by atoms with van der Waals surface area (Å²) < 4.78 is 7.85. The van der Waals surface area contributed by atoms with Crippen LogP contribution in [0.3, 0.4) is 0 Å². The highest BCUT2D eigenvalue weighted by atomic mass is 16.5. The van der Waals surface area contributed by atoms with E-state index in [-0.39, 0.29) is 12.5 Å². The minimum Gasteiger partial charge on any atom is -0.489 e. The normalized spacial score (nSPS) is 15.4. The number of pyridine rings is 1. The van der Waals surface area contributed by atoms with Gasteiger partial charge in [-0.05, 0) is 44.2 Å². The third kappa shape index (κ3) is 4.12. The molecular formula is C19H27N3O3. The Hall–Kier alpha value is -2.08. The number of rotatable bonds is 7. The summed E-state index contributed by atoms with van der Waals surface area (Å²) in [6.45, 7) is 3.05. The second-order valence-electron chi connectivity index (χ2n) is 6.76. The van der Waals surface area contributed by atoms with Crippen LogP contribution in [0, 0.1) is 12.8 Å². The van der Waals surface area contributed by atoms with Crippen molar-refractivity contribution in [1.29, 1.82) is 0 Å². The molecule has 0 spiro atoms. The second-order valence-corrected chi connectivity index (χ2v) is 6.76. The van der Waals surface area contributed by atoms with Crippen molar-refractivity contribution in [3.63, 3.8) is 0 Å². The Morgan fingerprint density at radius 2 is 2.20 bits per heavy atom. The molecule has 2 aromatic heterocycles. The summed E-state index contributed by atoms with van der Waals surface area (Å²) in [6, 6.07) is 3.80. The van der Waals surface area contributed by atoms with Crippen LogP contribution in [0.15, 0.2) is 18.3 Å². The van der Waals surface area contributed by atoms with Crippen molar-refractivity contribution in [2.45, 2.75) is 45.4 Å². The minimum absolute atomic E-state index is 0.0611. The van der Waals surface area contributed by atoms with Crippen molar-refractivity contribution in [3.05, 3.63) is 29.7 Å². The number of carbonyl (C=O) groups excluding carboxylic acids is 1. The molecule has 6 heteroatoms. The number of nitrogens with one attached hydrogen (secondary N) is 1.